The van der Waals surface area contributed by atoms with Crippen LogP contribution < -0.4 is 10.1 Å². The molecule has 0 aromatic heterocycles. The Morgan fingerprint density at radius 1 is 1.18 bits per heavy atom. The van der Waals surface area contributed by atoms with Crippen molar-refractivity contribution in [3.63, 3.8) is 0 Å². The number of alkyl halides is 2. The number of aryl methyl sites for hydroxylation is 1. The van der Waals surface area contributed by atoms with Crippen molar-refractivity contribution in [3.05, 3.63) is 53.3 Å². The first kappa shape index (κ1) is 15.7. The summed E-state index contributed by atoms with van der Waals surface area (Å²) >= 11 is 0. The molecule has 0 aliphatic heterocycles. The fourth-order valence-corrected chi connectivity index (χ4v) is 1.90. The highest BCUT2D eigenvalue weighted by Crippen LogP contribution is 2.28. The van der Waals surface area contributed by atoms with Crippen LogP contribution in [0.3, 0.4) is 0 Å². The largest absolute Gasteiger partial charge is 0.478 e. The summed E-state index contributed by atoms with van der Waals surface area (Å²) in [5, 5.41) is 11.9. The Labute approximate surface area is 124 Å². The van der Waals surface area contributed by atoms with Gasteiger partial charge in [0.05, 0.1) is 11.3 Å². The Morgan fingerprint density at radius 2 is 1.91 bits per heavy atom. The number of carboxylic acids is 1. The van der Waals surface area contributed by atoms with Gasteiger partial charge >= 0.3 is 12.6 Å². The fraction of sp³-hybridized carbons (Fsp3) is 0.133. The molecule has 0 saturated carbocycles. The van der Waals surface area contributed by atoms with Gasteiger partial charge < -0.3 is 15.2 Å². The minimum atomic E-state index is -3.02. The third-order valence-corrected chi connectivity index (χ3v) is 2.90. The van der Waals surface area contributed by atoms with Crippen LogP contribution in [0.1, 0.15) is 15.9 Å². The van der Waals surface area contributed by atoms with Crippen LogP contribution >= 0.6 is 0 Å². The number of rotatable bonds is 5. The van der Waals surface area contributed by atoms with Crippen molar-refractivity contribution in [2.45, 2.75) is 13.5 Å². The molecule has 22 heavy (non-hydrogen) atoms. The van der Waals surface area contributed by atoms with Gasteiger partial charge in [-0.2, -0.15) is 8.78 Å². The average molecular weight is 311 g/mol. The summed E-state index contributed by atoms with van der Waals surface area (Å²) in [5.41, 5.74) is 0.945. The zero-order valence-corrected chi connectivity index (χ0v) is 11.4. The number of halogens is 3. The second-order valence-corrected chi connectivity index (χ2v) is 4.48. The molecule has 2 aromatic carbocycles. The van der Waals surface area contributed by atoms with Crippen LogP contribution in [0.2, 0.25) is 0 Å². The van der Waals surface area contributed by atoms with E-state index in [1.165, 1.54) is 18.2 Å². The van der Waals surface area contributed by atoms with Crippen molar-refractivity contribution in [1.29, 1.82) is 0 Å². The van der Waals surface area contributed by atoms with Gasteiger partial charge in [0, 0.05) is 11.8 Å². The summed E-state index contributed by atoms with van der Waals surface area (Å²) in [6.07, 6.45) is 0. The molecular formula is C15H12F3NO3. The number of anilines is 2. The lowest BCUT2D eigenvalue weighted by molar-refractivity contribution is -0.0498. The molecule has 0 aliphatic rings. The van der Waals surface area contributed by atoms with Crippen LogP contribution in [0.5, 0.6) is 5.75 Å². The molecule has 0 spiro atoms. The van der Waals surface area contributed by atoms with Crippen LogP contribution in [-0.4, -0.2) is 17.7 Å². The molecule has 0 unspecified atom stereocenters. The number of nitrogens with one attached hydrogen (secondary N) is 1. The van der Waals surface area contributed by atoms with Crippen LogP contribution in [0.25, 0.3) is 0 Å². The molecule has 0 amide bonds. The van der Waals surface area contributed by atoms with Gasteiger partial charge in [-0.25, -0.2) is 9.18 Å². The molecular weight excluding hydrogens is 299 g/mol. The van der Waals surface area contributed by atoms with Crippen LogP contribution in [0.15, 0.2) is 36.4 Å². The first-order valence-electron chi connectivity index (χ1n) is 6.22. The third kappa shape index (κ3) is 3.69. The van der Waals surface area contributed by atoms with Crippen molar-refractivity contribution >= 4 is 17.3 Å². The third-order valence-electron chi connectivity index (χ3n) is 2.90. The highest BCUT2D eigenvalue weighted by molar-refractivity contribution is 5.95. The normalized spacial score (nSPS) is 10.6. The molecule has 116 valence electrons. The monoisotopic (exact) mass is 311 g/mol. The van der Waals surface area contributed by atoms with E-state index >= 15 is 0 Å². The topological polar surface area (TPSA) is 58.6 Å². The van der Waals surface area contributed by atoms with Crippen molar-refractivity contribution in [2.24, 2.45) is 0 Å². The maximum absolute atomic E-state index is 13.1. The van der Waals surface area contributed by atoms with E-state index in [9.17, 15) is 18.0 Å². The molecule has 2 rings (SSSR count). The van der Waals surface area contributed by atoms with Gasteiger partial charge in [0.2, 0.25) is 0 Å². The summed E-state index contributed by atoms with van der Waals surface area (Å²) in [6, 6.07) is 7.34. The van der Waals surface area contributed by atoms with Crippen molar-refractivity contribution in [2.75, 3.05) is 5.32 Å². The number of carboxylic acid groups (broad SMARTS) is 1. The minimum absolute atomic E-state index is 0.0698. The molecule has 0 atom stereocenters. The predicted octanol–water partition coefficient (Wildman–Crippen LogP) is 4.18. The van der Waals surface area contributed by atoms with Crippen molar-refractivity contribution in [1.82, 2.24) is 0 Å². The number of carbonyl (C=O) groups is 1. The van der Waals surface area contributed by atoms with E-state index < -0.39 is 18.4 Å². The summed E-state index contributed by atoms with van der Waals surface area (Å²) in [6.45, 7) is -1.39. The smallest absolute Gasteiger partial charge is 0.387 e. The standard InChI is InChI=1S/C15H12F3NO3/c1-8-6-9(16)2-5-12(8)19-13-7-10(22-15(17)18)3-4-11(13)14(20)21/h2-7,15,19H,1H3,(H,20,21). The van der Waals surface area contributed by atoms with E-state index in [0.717, 1.165) is 18.2 Å². The molecule has 0 aliphatic carbocycles. The Balaban J connectivity index is 2.40. The van der Waals surface area contributed by atoms with Crippen molar-refractivity contribution in [3.8, 4) is 5.75 Å². The van der Waals surface area contributed by atoms with Gasteiger partial charge in [-0.1, -0.05) is 0 Å². The quantitative estimate of drug-likeness (QED) is 0.870. The van der Waals surface area contributed by atoms with Crippen molar-refractivity contribution < 1.29 is 27.8 Å². The van der Waals surface area contributed by atoms with E-state index in [1.807, 2.05) is 0 Å². The SMILES string of the molecule is Cc1cc(F)ccc1Nc1cc(OC(F)F)ccc1C(=O)O. The Morgan fingerprint density at radius 3 is 2.50 bits per heavy atom. The molecule has 0 bridgehead atoms. The molecule has 0 radical (unpaired) electrons. The molecule has 4 nitrogen and oxygen atoms in total. The number of hydrogen-bond acceptors (Lipinski definition) is 3. The maximum Gasteiger partial charge on any atom is 0.387 e. The zero-order valence-electron chi connectivity index (χ0n) is 11.4. The van der Waals surface area contributed by atoms with E-state index in [2.05, 4.69) is 10.1 Å². The predicted molar refractivity (Wildman–Crippen MR) is 74.5 cm³/mol. The first-order chi connectivity index (χ1) is 10.4. The zero-order chi connectivity index (χ0) is 16.3. The highest BCUT2D eigenvalue weighted by atomic mass is 19.3. The highest BCUT2D eigenvalue weighted by Gasteiger charge is 2.14. The van der Waals surface area contributed by atoms with E-state index in [1.54, 1.807) is 6.92 Å². The number of aromatic carboxylic acids is 1. The lowest BCUT2D eigenvalue weighted by Crippen LogP contribution is -2.06. The molecule has 2 N–H and O–H groups in total. The lowest BCUT2D eigenvalue weighted by Gasteiger charge is -2.14. The Hall–Kier alpha value is -2.70. The van der Waals surface area contributed by atoms with Crippen LogP contribution in [0.4, 0.5) is 24.5 Å². The van der Waals surface area contributed by atoms with Gasteiger partial charge in [-0.05, 0) is 42.8 Å². The molecule has 2 aromatic rings. The second-order valence-electron chi connectivity index (χ2n) is 4.48. The van der Waals surface area contributed by atoms with Crippen LogP contribution in [-0.2, 0) is 0 Å². The lowest BCUT2D eigenvalue weighted by atomic mass is 10.1. The fourth-order valence-electron chi connectivity index (χ4n) is 1.90. The van der Waals surface area contributed by atoms with E-state index in [-0.39, 0.29) is 17.0 Å². The number of ether oxygens (including phenoxy) is 1. The summed E-state index contributed by atoms with van der Waals surface area (Å²) in [4.78, 5) is 11.2. The summed E-state index contributed by atoms with van der Waals surface area (Å²) in [7, 11) is 0. The molecule has 0 saturated heterocycles. The van der Waals surface area contributed by atoms with Gasteiger partial charge in [0.15, 0.2) is 0 Å². The maximum atomic E-state index is 13.1. The average Bonchev–Trinajstić information content (AvgIpc) is 2.41. The van der Waals surface area contributed by atoms with E-state index in [0.29, 0.717) is 11.3 Å². The van der Waals surface area contributed by atoms with Gasteiger partial charge in [0.25, 0.3) is 0 Å². The Kier molecular flexibility index (Phi) is 4.55. The van der Waals surface area contributed by atoms with Gasteiger partial charge in [-0.15, -0.1) is 0 Å². The summed E-state index contributed by atoms with van der Waals surface area (Å²) < 4.78 is 41.8. The number of benzene rings is 2. The second kappa shape index (κ2) is 6.38. The molecule has 0 heterocycles. The molecule has 0 fully saturated rings. The van der Waals surface area contributed by atoms with E-state index in [4.69, 9.17) is 5.11 Å². The van der Waals surface area contributed by atoms with Crippen LogP contribution in [0, 0.1) is 12.7 Å². The summed E-state index contributed by atoms with van der Waals surface area (Å²) in [5.74, 6) is -1.84. The number of hydrogen-bond donors (Lipinski definition) is 2. The minimum Gasteiger partial charge on any atom is -0.478 e. The first-order valence-corrected chi connectivity index (χ1v) is 6.22. The van der Waals surface area contributed by atoms with Gasteiger partial charge in [-0.3, -0.25) is 0 Å². The Bertz CT molecular complexity index is 704. The molecule has 7 heteroatoms. The van der Waals surface area contributed by atoms with Gasteiger partial charge in [0.1, 0.15) is 11.6 Å².